The molecule has 0 saturated carbocycles. The van der Waals surface area contributed by atoms with Crippen molar-refractivity contribution in [3.05, 3.63) is 13.8 Å². The Bertz CT molecular complexity index is 30.2. The summed E-state index contributed by atoms with van der Waals surface area (Å²) in [5.74, 6) is 0. The molecule has 0 saturated heterocycles. The van der Waals surface area contributed by atoms with Crippen LogP contribution in [0.25, 0.3) is 0 Å². The Morgan fingerprint density at radius 3 is 1.62 bits per heavy atom. The standard InChI is InChI=1S/2C3H7.2W/c2*1-3-2;;/h2*1,3H2,2H3;;/q2*-1;;/i3T;1T;;. The van der Waals surface area contributed by atoms with Gasteiger partial charge in [0.2, 0.25) is 0 Å². The average Bonchev–Trinajstić information content (AvgIpc) is 1.65. The summed E-state index contributed by atoms with van der Waals surface area (Å²) < 4.78 is 12.8. The molecule has 52 valence electrons. The van der Waals surface area contributed by atoms with E-state index < -0.39 is 0 Å². The van der Waals surface area contributed by atoms with Crippen LogP contribution in [-0.2, 0) is 42.1 Å². The minimum Gasteiger partial charge on any atom is -0.344 e. The summed E-state index contributed by atoms with van der Waals surface area (Å²) in [4.78, 5) is 0. The molecule has 8 heavy (non-hydrogen) atoms. The van der Waals surface area contributed by atoms with E-state index in [4.69, 9.17) is 2.74 Å². The van der Waals surface area contributed by atoms with Gasteiger partial charge >= 0.3 is 0 Å². The molecule has 1 atom stereocenters. The first-order valence-electron chi connectivity index (χ1n) is 3.26. The molecule has 0 aliphatic rings. The van der Waals surface area contributed by atoms with Crippen molar-refractivity contribution in [3.63, 3.8) is 0 Å². The van der Waals surface area contributed by atoms with Gasteiger partial charge in [-0.25, -0.2) is 1.37 Å². The van der Waals surface area contributed by atoms with Gasteiger partial charge in [-0.3, -0.25) is 0 Å². The van der Waals surface area contributed by atoms with Crippen LogP contribution >= 0.6 is 0 Å². The molecule has 0 aromatic carbocycles. The molecular weight excluding hydrogens is 440 g/mol. The van der Waals surface area contributed by atoms with Crippen molar-refractivity contribution in [1.29, 1.82) is 0 Å². The molecule has 0 aliphatic carbocycles. The van der Waals surface area contributed by atoms with Crippen LogP contribution in [0, 0.1) is 13.8 Å². The molecule has 0 heterocycles. The zero-order valence-electron chi connectivity index (χ0n) is 7.39. The van der Waals surface area contributed by atoms with Crippen molar-refractivity contribution < 1.29 is 44.9 Å². The minimum absolute atomic E-state index is 0. The van der Waals surface area contributed by atoms with Crippen molar-refractivity contribution >= 4 is 0 Å². The largest absolute Gasteiger partial charge is 0.344 e. The van der Waals surface area contributed by atoms with Gasteiger partial charge in [-0.2, -0.15) is 12.8 Å². The quantitative estimate of drug-likeness (QED) is 0.531. The van der Waals surface area contributed by atoms with E-state index in [2.05, 4.69) is 6.92 Å². The Morgan fingerprint density at radius 2 is 1.62 bits per heavy atom. The predicted molar refractivity (Wildman–Crippen MR) is 31.3 cm³/mol. The van der Waals surface area contributed by atoms with E-state index in [1.54, 1.807) is 6.92 Å². The Hall–Kier alpha value is 1.38. The van der Waals surface area contributed by atoms with Crippen LogP contribution < -0.4 is 0 Å². The Morgan fingerprint density at radius 1 is 1.50 bits per heavy atom. The second-order valence-corrected chi connectivity index (χ2v) is 0.816. The van der Waals surface area contributed by atoms with E-state index >= 15 is 0 Å². The smallest absolute Gasteiger partial charge is 0 e. The molecular formula is C6H14W2-2. The molecule has 0 amide bonds. The molecule has 0 nitrogen and oxygen atoms in total. The molecule has 0 aromatic heterocycles. The van der Waals surface area contributed by atoms with Gasteiger partial charge < -0.3 is 13.8 Å². The van der Waals surface area contributed by atoms with Crippen molar-refractivity contribution in [2.24, 2.45) is 0 Å². The molecule has 0 aliphatic heterocycles. The zero-order valence-corrected chi connectivity index (χ0v) is 11.3. The van der Waals surface area contributed by atoms with Crippen molar-refractivity contribution in [3.8, 4) is 0 Å². The van der Waals surface area contributed by atoms with Crippen molar-refractivity contribution in [1.82, 2.24) is 0 Å². The van der Waals surface area contributed by atoms with Gasteiger partial charge in [0, 0.05) is 42.1 Å². The number of rotatable bonds is 1. The number of hydrogen-bond donors (Lipinski definition) is 0. The van der Waals surface area contributed by atoms with E-state index in [-0.39, 0.29) is 48.5 Å². The molecule has 0 N–H and O–H groups in total. The maximum Gasteiger partial charge on any atom is 0 e. The minimum atomic E-state index is -0.167. The molecule has 0 fully saturated rings. The van der Waals surface area contributed by atoms with E-state index in [0.717, 1.165) is 6.42 Å². The summed E-state index contributed by atoms with van der Waals surface area (Å²) in [6, 6.07) is 0. The summed E-state index contributed by atoms with van der Waals surface area (Å²) in [5, 5.41) is 0. The van der Waals surface area contributed by atoms with Gasteiger partial charge in [0.1, 0.15) is 0 Å². The first-order valence-corrected chi connectivity index (χ1v) is 2.10. The maximum absolute atomic E-state index is 6.47. The fourth-order valence-electron chi connectivity index (χ4n) is 0. The fraction of sp³-hybridized carbons (Fsp3) is 0.667. The average molecular weight is 458 g/mol. The van der Waals surface area contributed by atoms with E-state index in [0.29, 0.717) is 0 Å². The summed E-state index contributed by atoms with van der Waals surface area (Å²) in [5.41, 5.74) is 0. The van der Waals surface area contributed by atoms with Crippen LogP contribution in [0.4, 0.5) is 0 Å². The van der Waals surface area contributed by atoms with Crippen LogP contribution in [0.5, 0.6) is 0 Å². The van der Waals surface area contributed by atoms with Gasteiger partial charge in [0.05, 0.1) is 0 Å². The van der Waals surface area contributed by atoms with Crippen LogP contribution in [0.2, 0.25) is 0 Å². The molecule has 0 radical (unpaired) electrons. The van der Waals surface area contributed by atoms with Gasteiger partial charge in [0.15, 0.2) is 0 Å². The topological polar surface area (TPSA) is 0 Å². The predicted octanol–water partition coefficient (Wildman–Crippen LogP) is 2.46. The second kappa shape index (κ2) is 40.0. The Labute approximate surface area is 85.2 Å². The van der Waals surface area contributed by atoms with Gasteiger partial charge in [0.25, 0.3) is 0 Å². The zero-order chi connectivity index (χ0) is 6.99. The van der Waals surface area contributed by atoms with Crippen molar-refractivity contribution in [2.45, 2.75) is 26.7 Å². The molecule has 1 unspecified atom stereocenters. The van der Waals surface area contributed by atoms with E-state index in [1.165, 1.54) is 6.90 Å². The fourth-order valence-corrected chi connectivity index (χ4v) is 0. The third kappa shape index (κ3) is 158. The summed E-state index contributed by atoms with van der Waals surface area (Å²) in [6.45, 7) is 8.34. The SMILES string of the molecule is [3H]C([CH2-])C.[3H][CH-]CC.[W].[W]. The molecule has 0 rings (SSSR count). The van der Waals surface area contributed by atoms with Crippen LogP contribution in [0.15, 0.2) is 0 Å². The van der Waals surface area contributed by atoms with Gasteiger partial charge in [-0.05, 0) is 1.37 Å². The number of hydrogen-bond acceptors (Lipinski definition) is 0. The van der Waals surface area contributed by atoms with Crippen molar-refractivity contribution in [2.75, 3.05) is 0 Å². The van der Waals surface area contributed by atoms with Crippen LogP contribution in [-0.4, -0.2) is 0 Å². The first kappa shape index (κ1) is 12.1. The Balaban J connectivity index is -0.0000000300. The third-order valence-corrected chi connectivity index (χ3v) is 0. The van der Waals surface area contributed by atoms with Crippen LogP contribution in [0.3, 0.4) is 0 Å². The summed E-state index contributed by atoms with van der Waals surface area (Å²) in [7, 11) is 0. The van der Waals surface area contributed by atoms with E-state index in [9.17, 15) is 0 Å². The third-order valence-electron chi connectivity index (χ3n) is 0. The molecule has 0 bridgehead atoms. The summed E-state index contributed by atoms with van der Waals surface area (Å²) in [6.07, 6.45) is 0.694. The summed E-state index contributed by atoms with van der Waals surface area (Å²) >= 11 is 0. The monoisotopic (exact) mass is 458 g/mol. The molecule has 0 aromatic rings. The molecule has 2 heteroatoms. The van der Waals surface area contributed by atoms with Gasteiger partial charge in [-0.15, -0.1) is 0 Å². The van der Waals surface area contributed by atoms with Crippen LogP contribution in [0.1, 0.15) is 29.4 Å². The first-order chi connectivity index (χ1) is 3.65. The van der Waals surface area contributed by atoms with E-state index in [1.807, 2.05) is 6.92 Å². The Kier molecular flexibility index (Phi) is 60.4. The molecule has 0 spiro atoms. The second-order valence-electron chi connectivity index (χ2n) is 0.816. The normalized spacial score (nSPS) is 11.9. The van der Waals surface area contributed by atoms with Gasteiger partial charge in [-0.1, -0.05) is 13.8 Å². The maximum atomic E-state index is 6.47.